The van der Waals surface area contributed by atoms with Gasteiger partial charge in [-0.05, 0) is 56.4 Å². The highest BCUT2D eigenvalue weighted by atomic mass is 16.7. The number of hydrogen-bond acceptors (Lipinski definition) is 13. The number of pyridine rings is 2. The van der Waals surface area contributed by atoms with Crippen LogP contribution in [-0.4, -0.2) is 87.5 Å². The summed E-state index contributed by atoms with van der Waals surface area (Å²) in [6.07, 6.45) is 2.86. The first kappa shape index (κ1) is 38.3. The number of hydrogen-bond donors (Lipinski definition) is 1. The van der Waals surface area contributed by atoms with Gasteiger partial charge in [0, 0.05) is 57.1 Å². The predicted octanol–water partition coefficient (Wildman–Crippen LogP) is 4.64. The highest BCUT2D eigenvalue weighted by molar-refractivity contribution is 5.90. The van der Waals surface area contributed by atoms with Crippen LogP contribution in [0, 0.1) is 35.0 Å². The first-order valence-corrected chi connectivity index (χ1v) is 18.0. The third kappa shape index (κ3) is 6.36. The van der Waals surface area contributed by atoms with Gasteiger partial charge in [-0.1, -0.05) is 45.1 Å². The molecule has 3 fully saturated rings. The lowest BCUT2D eigenvalue weighted by Gasteiger charge is -2.52. The highest BCUT2D eigenvalue weighted by Crippen LogP contribution is 2.70. The van der Waals surface area contributed by atoms with Crippen molar-refractivity contribution in [3.63, 3.8) is 0 Å². The van der Waals surface area contributed by atoms with Crippen LogP contribution >= 0.6 is 0 Å². The largest absolute Gasteiger partial charge is 0.461 e. The Morgan fingerprint density at radius 2 is 1.58 bits per heavy atom. The summed E-state index contributed by atoms with van der Waals surface area (Å²) in [5.41, 5.74) is -4.18. The van der Waals surface area contributed by atoms with Crippen molar-refractivity contribution in [3.05, 3.63) is 84.5 Å². The van der Waals surface area contributed by atoms with Crippen LogP contribution in [0.5, 0.6) is 0 Å². The molecule has 2 saturated carbocycles. The summed E-state index contributed by atoms with van der Waals surface area (Å²) in [6.45, 7) is 16.3. The summed E-state index contributed by atoms with van der Waals surface area (Å²) < 4.78 is 39.0. The second-order valence-electron chi connectivity index (χ2n) is 15.5. The first-order valence-electron chi connectivity index (χ1n) is 18.0. The van der Waals surface area contributed by atoms with Gasteiger partial charge >= 0.3 is 23.9 Å². The molecule has 1 saturated heterocycles. The minimum atomic E-state index is -1.84. The van der Waals surface area contributed by atoms with Crippen LogP contribution in [0.1, 0.15) is 75.6 Å². The van der Waals surface area contributed by atoms with E-state index in [0.717, 1.165) is 0 Å². The molecule has 1 aliphatic heterocycles. The fraction of sp³-hybridized carbons (Fsp3) is 0.550. The Labute approximate surface area is 309 Å². The first-order chi connectivity index (χ1) is 25.1. The van der Waals surface area contributed by atoms with Crippen LogP contribution in [0.2, 0.25) is 0 Å². The second kappa shape index (κ2) is 14.4. The van der Waals surface area contributed by atoms with E-state index in [2.05, 4.69) is 16.5 Å². The number of aromatic nitrogens is 2. The molecule has 2 bridgehead atoms. The minimum Gasteiger partial charge on any atom is -0.461 e. The number of esters is 4. The quantitative estimate of drug-likeness (QED) is 0.204. The highest BCUT2D eigenvalue weighted by Gasteiger charge is 2.84. The number of fused-ring (bicyclic) bond motifs is 1. The SMILES string of the molecule is C=C(C)[C@H]1C=C[C@@H](OCC(C)C)[C@@]23[C@H](O)O[C@@](C)([C@@H](OC(=O)c4cccnc4)[C@@]4(OC(C)=O)C[C@H](C)[C@H](OC(=O)c5cccnc5)[C@@H]4[C@H]2OC(C)=O)[C@H]13. The topological polar surface area (TPSA) is 170 Å². The number of rotatable bonds is 10. The van der Waals surface area contributed by atoms with Gasteiger partial charge in [0.1, 0.15) is 17.8 Å². The molecule has 284 valence electrons. The zero-order chi connectivity index (χ0) is 38.5. The maximum Gasteiger partial charge on any atom is 0.340 e. The predicted molar refractivity (Wildman–Crippen MR) is 188 cm³/mol. The molecule has 13 heteroatoms. The van der Waals surface area contributed by atoms with Crippen molar-refractivity contribution >= 4 is 23.9 Å². The molecule has 0 aromatic carbocycles. The molecule has 3 heterocycles. The number of carbonyl (C=O) groups is 4. The second-order valence-corrected chi connectivity index (χ2v) is 15.5. The zero-order valence-corrected chi connectivity index (χ0v) is 31.1. The maximum atomic E-state index is 14.2. The van der Waals surface area contributed by atoms with Crippen molar-refractivity contribution < 1.29 is 52.7 Å². The Kier molecular flexibility index (Phi) is 10.4. The van der Waals surface area contributed by atoms with Crippen LogP contribution in [0.15, 0.2) is 73.4 Å². The van der Waals surface area contributed by atoms with E-state index < -0.39 is 94.9 Å². The minimum absolute atomic E-state index is 0.00842. The van der Waals surface area contributed by atoms with Crippen LogP contribution in [0.3, 0.4) is 0 Å². The van der Waals surface area contributed by atoms with Crippen molar-refractivity contribution in [1.29, 1.82) is 0 Å². The molecule has 3 aliphatic carbocycles. The van der Waals surface area contributed by atoms with Gasteiger partial charge in [-0.3, -0.25) is 19.6 Å². The molecule has 0 amide bonds. The molecule has 12 atom stereocenters. The van der Waals surface area contributed by atoms with Crippen LogP contribution in [0.4, 0.5) is 0 Å². The molecule has 13 nitrogen and oxygen atoms in total. The van der Waals surface area contributed by atoms with E-state index in [-0.39, 0.29) is 30.1 Å². The number of allylic oxidation sites excluding steroid dienone is 2. The van der Waals surface area contributed by atoms with Crippen LogP contribution in [0.25, 0.3) is 0 Å². The molecule has 0 spiro atoms. The van der Waals surface area contributed by atoms with E-state index in [1.165, 1.54) is 44.7 Å². The number of carbonyl (C=O) groups excluding carboxylic acids is 4. The van der Waals surface area contributed by atoms with Crippen molar-refractivity contribution in [3.8, 4) is 0 Å². The normalized spacial score (nSPS) is 36.8. The van der Waals surface area contributed by atoms with Crippen molar-refractivity contribution in [2.24, 2.45) is 35.0 Å². The molecule has 53 heavy (non-hydrogen) atoms. The summed E-state index contributed by atoms with van der Waals surface area (Å²) in [5, 5.41) is 12.5. The Morgan fingerprint density at radius 3 is 2.11 bits per heavy atom. The third-order valence-corrected chi connectivity index (χ3v) is 11.3. The Hall–Kier alpha value is -4.46. The molecule has 2 aromatic rings. The van der Waals surface area contributed by atoms with E-state index in [1.807, 2.05) is 39.8 Å². The summed E-state index contributed by atoms with van der Waals surface area (Å²) in [4.78, 5) is 63.0. The van der Waals surface area contributed by atoms with Gasteiger partial charge in [0.25, 0.3) is 0 Å². The van der Waals surface area contributed by atoms with Gasteiger partial charge in [-0.2, -0.15) is 0 Å². The van der Waals surface area contributed by atoms with E-state index >= 15 is 0 Å². The fourth-order valence-corrected chi connectivity index (χ4v) is 9.62. The van der Waals surface area contributed by atoms with Gasteiger partial charge in [0.15, 0.2) is 18.0 Å². The molecule has 0 unspecified atom stereocenters. The summed E-state index contributed by atoms with van der Waals surface area (Å²) in [5.74, 6) is -6.09. The Morgan fingerprint density at radius 1 is 0.962 bits per heavy atom. The summed E-state index contributed by atoms with van der Waals surface area (Å²) in [6, 6.07) is 6.27. The van der Waals surface area contributed by atoms with Gasteiger partial charge in [0.2, 0.25) is 0 Å². The third-order valence-electron chi connectivity index (χ3n) is 11.3. The lowest BCUT2D eigenvalue weighted by molar-refractivity contribution is -0.284. The fourth-order valence-electron chi connectivity index (χ4n) is 9.62. The molecule has 2 aromatic heterocycles. The van der Waals surface area contributed by atoms with Crippen molar-refractivity contribution in [2.75, 3.05) is 6.61 Å². The summed E-state index contributed by atoms with van der Waals surface area (Å²) in [7, 11) is 0. The number of nitrogens with zero attached hydrogens (tertiary/aromatic N) is 2. The van der Waals surface area contributed by atoms with Crippen LogP contribution in [-0.2, 0) is 38.0 Å². The van der Waals surface area contributed by atoms with E-state index in [9.17, 15) is 24.3 Å². The number of aliphatic hydroxyl groups excluding tert-OH is 1. The number of ether oxygens (including phenoxy) is 6. The molecule has 1 N–H and O–H groups in total. The lowest BCUT2D eigenvalue weighted by atomic mass is 9.54. The lowest BCUT2D eigenvalue weighted by Crippen LogP contribution is -2.66. The standard InChI is InChI=1S/C40H48N2O11/c1-21(2)20-48-29-14-13-28(22(3)4)32-38(8)36(51-35(46)27-12-10-16-42-19-27)39(52-25(7)44)17-23(5)31(50-34(45)26-11-9-15-41-18-26)30(39)33(49-24(6)43)40(29,32)37(47)53-38/h9-16,18-19,21,23,28-33,36-37,47H,3,17,20H2,1-2,4-8H3/t23-,28+,29+,30+,31-,32-,33+,36+,37+,38+,39+,40-/m0/s1. The van der Waals surface area contributed by atoms with E-state index in [4.69, 9.17) is 28.4 Å². The van der Waals surface area contributed by atoms with Crippen LogP contribution < -0.4 is 0 Å². The van der Waals surface area contributed by atoms with Gasteiger partial charge in [0.05, 0.1) is 28.6 Å². The average Bonchev–Trinajstić information content (AvgIpc) is 3.49. The Balaban J connectivity index is 1.68. The van der Waals surface area contributed by atoms with E-state index in [0.29, 0.717) is 5.57 Å². The number of aliphatic hydroxyl groups is 1. The molecule has 6 rings (SSSR count). The van der Waals surface area contributed by atoms with Gasteiger partial charge in [-0.25, -0.2) is 9.59 Å². The smallest absolute Gasteiger partial charge is 0.340 e. The zero-order valence-electron chi connectivity index (χ0n) is 31.1. The van der Waals surface area contributed by atoms with E-state index in [1.54, 1.807) is 25.1 Å². The monoisotopic (exact) mass is 732 g/mol. The summed E-state index contributed by atoms with van der Waals surface area (Å²) >= 11 is 0. The molecular formula is C40H48N2O11. The molecule has 0 radical (unpaired) electrons. The van der Waals surface area contributed by atoms with Gasteiger partial charge in [-0.15, -0.1) is 0 Å². The van der Waals surface area contributed by atoms with Gasteiger partial charge < -0.3 is 33.5 Å². The molecule has 4 aliphatic rings. The van der Waals surface area contributed by atoms with Crippen molar-refractivity contribution in [2.45, 2.75) is 96.8 Å². The average molecular weight is 733 g/mol. The Bertz CT molecular complexity index is 1770. The van der Waals surface area contributed by atoms with Crippen molar-refractivity contribution in [1.82, 2.24) is 9.97 Å². The maximum absolute atomic E-state index is 14.2. The molecular weight excluding hydrogens is 684 g/mol.